The summed E-state index contributed by atoms with van der Waals surface area (Å²) in [5.74, 6) is -2.97. The number of rotatable bonds is 2. The van der Waals surface area contributed by atoms with Crippen LogP contribution in [0.25, 0.3) is 0 Å². The van der Waals surface area contributed by atoms with Gasteiger partial charge in [0.05, 0.1) is 6.20 Å². The molecule has 15 heavy (non-hydrogen) atoms. The van der Waals surface area contributed by atoms with Crippen LogP contribution in [-0.2, 0) is 9.05 Å². The maximum absolute atomic E-state index is 12.9. The molecule has 84 valence electrons. The quantitative estimate of drug-likeness (QED) is 0.824. The van der Waals surface area contributed by atoms with Crippen LogP contribution in [0.4, 0.5) is 13.2 Å². The highest BCUT2D eigenvalue weighted by molar-refractivity contribution is 8.13. The van der Waals surface area contributed by atoms with Gasteiger partial charge >= 0.3 is 0 Å². The van der Waals surface area contributed by atoms with E-state index in [0.717, 1.165) is 0 Å². The molecular weight excluding hydrogens is 259 g/mol. The van der Waals surface area contributed by atoms with E-state index in [9.17, 15) is 21.6 Å². The van der Waals surface area contributed by atoms with E-state index in [4.69, 9.17) is 15.8 Å². The summed E-state index contributed by atoms with van der Waals surface area (Å²) in [5, 5.41) is 9.03. The summed E-state index contributed by atoms with van der Waals surface area (Å²) >= 11 is 0. The second-order valence-corrected chi connectivity index (χ2v) is 4.91. The van der Waals surface area contributed by atoms with Crippen LogP contribution in [0, 0.1) is 5.82 Å². The van der Waals surface area contributed by atoms with E-state index < -0.39 is 37.6 Å². The summed E-state index contributed by atoms with van der Waals surface area (Å²) < 4.78 is 58.6. The lowest BCUT2D eigenvalue weighted by atomic mass is 10.3. The summed E-state index contributed by atoms with van der Waals surface area (Å²) in [6.07, 6.45) is -2.99. The first kappa shape index (κ1) is 12.1. The van der Waals surface area contributed by atoms with E-state index in [0.29, 0.717) is 0 Å². The van der Waals surface area contributed by atoms with E-state index in [1.807, 2.05) is 0 Å². The Kier molecular flexibility index (Phi) is 3.10. The number of alkyl halides is 2. The van der Waals surface area contributed by atoms with Gasteiger partial charge in [0.25, 0.3) is 15.5 Å². The van der Waals surface area contributed by atoms with Crippen LogP contribution in [0.5, 0.6) is 5.75 Å². The van der Waals surface area contributed by atoms with Crippen LogP contribution >= 0.6 is 10.7 Å². The van der Waals surface area contributed by atoms with E-state index in [-0.39, 0.29) is 6.20 Å². The first-order valence-corrected chi connectivity index (χ1v) is 5.66. The molecule has 0 aliphatic rings. The zero-order valence-electron chi connectivity index (χ0n) is 6.79. The number of aromatic hydroxyl groups is 1. The van der Waals surface area contributed by atoms with Crippen molar-refractivity contribution in [2.45, 2.75) is 11.3 Å². The Morgan fingerprint density at radius 3 is 2.40 bits per heavy atom. The van der Waals surface area contributed by atoms with Crippen LogP contribution in [-0.4, -0.2) is 18.5 Å². The highest BCUT2D eigenvalue weighted by atomic mass is 35.7. The van der Waals surface area contributed by atoms with Crippen molar-refractivity contribution in [3.63, 3.8) is 0 Å². The Morgan fingerprint density at radius 1 is 1.47 bits per heavy atom. The molecule has 0 aliphatic heterocycles. The number of halogens is 4. The monoisotopic (exact) mass is 261 g/mol. The smallest absolute Gasteiger partial charge is 0.284 e. The van der Waals surface area contributed by atoms with Gasteiger partial charge in [0, 0.05) is 10.7 Å². The Hall–Kier alpha value is -1.02. The molecule has 0 amide bonds. The molecule has 1 aromatic rings. The van der Waals surface area contributed by atoms with Gasteiger partial charge < -0.3 is 5.11 Å². The van der Waals surface area contributed by atoms with Crippen molar-refractivity contribution in [1.82, 2.24) is 4.98 Å². The van der Waals surface area contributed by atoms with Gasteiger partial charge in [-0.3, -0.25) is 0 Å². The van der Waals surface area contributed by atoms with Gasteiger partial charge in [-0.1, -0.05) is 0 Å². The maximum Gasteiger partial charge on any atom is 0.284 e. The zero-order chi connectivity index (χ0) is 11.8. The van der Waals surface area contributed by atoms with E-state index >= 15 is 0 Å². The minimum Gasteiger partial charge on any atom is -0.504 e. The Labute approximate surface area is 86.7 Å². The van der Waals surface area contributed by atoms with Crippen molar-refractivity contribution in [3.05, 3.63) is 17.7 Å². The van der Waals surface area contributed by atoms with Crippen molar-refractivity contribution >= 4 is 19.7 Å². The zero-order valence-corrected chi connectivity index (χ0v) is 8.36. The minimum atomic E-state index is -4.65. The molecule has 1 heterocycles. The van der Waals surface area contributed by atoms with Gasteiger partial charge in [0.1, 0.15) is 5.69 Å². The summed E-state index contributed by atoms with van der Waals surface area (Å²) in [7, 11) is 0.0990. The molecule has 1 rings (SSSR count). The average Bonchev–Trinajstić information content (AvgIpc) is 2.00. The molecule has 0 bridgehead atoms. The third-order valence-electron chi connectivity index (χ3n) is 1.44. The minimum absolute atomic E-state index is 0.247. The van der Waals surface area contributed by atoms with Crippen LogP contribution in [0.15, 0.2) is 11.1 Å². The standard InChI is InChI=1S/C6H3ClF3NO3S/c7-15(13,14)5-2(8)1-11-3(4(5)12)6(9)10/h1,6,12H. The van der Waals surface area contributed by atoms with Gasteiger partial charge in [-0.25, -0.2) is 26.6 Å². The predicted molar refractivity (Wildman–Crippen MR) is 43.9 cm³/mol. The molecule has 4 nitrogen and oxygen atoms in total. The summed E-state index contributed by atoms with van der Waals surface area (Å²) in [6, 6.07) is 0. The SMILES string of the molecule is O=S(=O)(Cl)c1c(F)cnc(C(F)F)c1O. The average molecular weight is 262 g/mol. The summed E-state index contributed by atoms with van der Waals surface area (Å²) in [6.45, 7) is 0. The number of aromatic nitrogens is 1. The molecule has 1 N–H and O–H groups in total. The lowest BCUT2D eigenvalue weighted by molar-refractivity contribution is 0.140. The van der Waals surface area contributed by atoms with Crippen LogP contribution < -0.4 is 0 Å². The van der Waals surface area contributed by atoms with Crippen molar-refractivity contribution in [2.75, 3.05) is 0 Å². The lowest BCUT2D eigenvalue weighted by Crippen LogP contribution is -2.02. The van der Waals surface area contributed by atoms with E-state index in [1.54, 1.807) is 0 Å². The molecule has 0 unspecified atom stereocenters. The Morgan fingerprint density at radius 2 is 2.00 bits per heavy atom. The van der Waals surface area contributed by atoms with E-state index in [1.165, 1.54) is 0 Å². The normalized spacial score (nSPS) is 12.1. The Bertz CT molecular complexity index is 491. The van der Waals surface area contributed by atoms with Crippen molar-refractivity contribution in [3.8, 4) is 5.75 Å². The molecular formula is C6H3ClF3NO3S. The molecule has 0 radical (unpaired) electrons. The number of nitrogens with zero attached hydrogens (tertiary/aromatic N) is 1. The first-order chi connectivity index (χ1) is 6.75. The number of hydrogen-bond acceptors (Lipinski definition) is 4. The maximum atomic E-state index is 12.9. The van der Waals surface area contributed by atoms with E-state index in [2.05, 4.69) is 4.98 Å². The fourth-order valence-electron chi connectivity index (χ4n) is 0.867. The van der Waals surface area contributed by atoms with Crippen LogP contribution in [0.2, 0.25) is 0 Å². The van der Waals surface area contributed by atoms with Crippen LogP contribution in [0.3, 0.4) is 0 Å². The topological polar surface area (TPSA) is 67.3 Å². The molecule has 1 aromatic heterocycles. The summed E-state index contributed by atoms with van der Waals surface area (Å²) in [5.41, 5.74) is -1.24. The lowest BCUT2D eigenvalue weighted by Gasteiger charge is -2.06. The number of hydrogen-bond donors (Lipinski definition) is 1. The third-order valence-corrected chi connectivity index (χ3v) is 2.78. The highest BCUT2D eigenvalue weighted by Crippen LogP contribution is 2.34. The summed E-state index contributed by atoms with van der Waals surface area (Å²) in [4.78, 5) is 1.46. The molecule has 0 saturated carbocycles. The predicted octanol–water partition coefficient (Wildman–Crippen LogP) is 1.79. The first-order valence-electron chi connectivity index (χ1n) is 3.35. The Balaban J connectivity index is 3.59. The highest BCUT2D eigenvalue weighted by Gasteiger charge is 2.27. The van der Waals surface area contributed by atoms with Gasteiger partial charge in [-0.15, -0.1) is 0 Å². The van der Waals surface area contributed by atoms with Gasteiger partial charge in [-0.2, -0.15) is 0 Å². The van der Waals surface area contributed by atoms with Crippen molar-refractivity contribution < 1.29 is 26.7 Å². The van der Waals surface area contributed by atoms with Gasteiger partial charge in [-0.05, 0) is 0 Å². The molecule has 0 spiro atoms. The molecule has 0 saturated heterocycles. The molecule has 0 aliphatic carbocycles. The molecule has 9 heteroatoms. The third kappa shape index (κ3) is 2.32. The number of pyridine rings is 1. The molecule has 0 fully saturated rings. The fourth-order valence-corrected chi connectivity index (χ4v) is 1.93. The molecule has 0 aromatic carbocycles. The van der Waals surface area contributed by atoms with Gasteiger partial charge in [0.2, 0.25) is 0 Å². The molecule has 0 atom stereocenters. The van der Waals surface area contributed by atoms with Crippen molar-refractivity contribution in [2.24, 2.45) is 0 Å². The largest absolute Gasteiger partial charge is 0.504 e. The fraction of sp³-hybridized carbons (Fsp3) is 0.167. The second kappa shape index (κ2) is 3.86. The van der Waals surface area contributed by atoms with Crippen molar-refractivity contribution in [1.29, 1.82) is 0 Å². The second-order valence-electron chi connectivity index (χ2n) is 2.41. The van der Waals surface area contributed by atoms with Gasteiger partial charge in [0.15, 0.2) is 16.5 Å². The van der Waals surface area contributed by atoms with Crippen LogP contribution in [0.1, 0.15) is 12.1 Å².